The van der Waals surface area contributed by atoms with Crippen molar-refractivity contribution in [3.8, 4) is 6.07 Å². The SMILES string of the molecule is CC#N.CCC.CCN1CCNC(C)C1. The van der Waals surface area contributed by atoms with Gasteiger partial charge in [-0.2, -0.15) is 5.26 Å². The summed E-state index contributed by atoms with van der Waals surface area (Å²) in [6.45, 7) is 14.9. The van der Waals surface area contributed by atoms with Crippen molar-refractivity contribution in [1.82, 2.24) is 10.2 Å². The van der Waals surface area contributed by atoms with Crippen LogP contribution in [0, 0.1) is 11.3 Å². The Morgan fingerprint density at radius 3 is 2.13 bits per heavy atom. The monoisotopic (exact) mass is 213 g/mol. The van der Waals surface area contributed by atoms with E-state index in [1.165, 1.54) is 33.0 Å². The van der Waals surface area contributed by atoms with Crippen LogP contribution in [0.5, 0.6) is 0 Å². The van der Waals surface area contributed by atoms with Crippen LogP contribution in [0.3, 0.4) is 0 Å². The normalized spacial score (nSPS) is 20.1. The highest BCUT2D eigenvalue weighted by molar-refractivity contribution is 4.73. The number of nitrogens with zero attached hydrogens (tertiary/aromatic N) is 2. The van der Waals surface area contributed by atoms with Crippen LogP contribution in [0.2, 0.25) is 0 Å². The van der Waals surface area contributed by atoms with Gasteiger partial charge in [-0.1, -0.05) is 27.2 Å². The van der Waals surface area contributed by atoms with E-state index in [1.807, 2.05) is 0 Å². The summed E-state index contributed by atoms with van der Waals surface area (Å²) in [5, 5.41) is 10.7. The second-order valence-electron chi connectivity index (χ2n) is 3.68. The van der Waals surface area contributed by atoms with Crippen LogP contribution in [-0.2, 0) is 0 Å². The fraction of sp³-hybridized carbons (Fsp3) is 0.917. The summed E-state index contributed by atoms with van der Waals surface area (Å²) < 4.78 is 0. The maximum Gasteiger partial charge on any atom is 0.0587 e. The Bertz CT molecular complexity index is 151. The van der Waals surface area contributed by atoms with Crippen molar-refractivity contribution in [2.45, 2.75) is 47.1 Å². The van der Waals surface area contributed by atoms with E-state index in [0.29, 0.717) is 6.04 Å². The molecule has 0 aromatic carbocycles. The summed E-state index contributed by atoms with van der Waals surface area (Å²) in [6.07, 6.45) is 1.25. The summed E-state index contributed by atoms with van der Waals surface area (Å²) in [7, 11) is 0. The number of nitrogens with one attached hydrogen (secondary N) is 1. The molecule has 3 heteroatoms. The summed E-state index contributed by atoms with van der Waals surface area (Å²) in [5.74, 6) is 0. The third-order valence-electron chi connectivity index (χ3n) is 1.90. The Kier molecular flexibility index (Phi) is 15.0. The lowest BCUT2D eigenvalue weighted by atomic mass is 10.2. The molecule has 0 aromatic rings. The average molecular weight is 213 g/mol. The molecule has 3 nitrogen and oxygen atoms in total. The number of likely N-dealkylation sites (N-methyl/N-ethyl adjacent to an activating group) is 1. The van der Waals surface area contributed by atoms with Crippen LogP contribution in [0.15, 0.2) is 0 Å². The maximum atomic E-state index is 7.32. The summed E-state index contributed by atoms with van der Waals surface area (Å²) in [4.78, 5) is 2.47. The Hall–Kier alpha value is -0.590. The summed E-state index contributed by atoms with van der Waals surface area (Å²) >= 11 is 0. The molecule has 1 unspecified atom stereocenters. The third kappa shape index (κ3) is 13.4. The van der Waals surface area contributed by atoms with Gasteiger partial charge >= 0.3 is 0 Å². The first kappa shape index (κ1) is 16.8. The van der Waals surface area contributed by atoms with Gasteiger partial charge in [0.05, 0.1) is 6.07 Å². The van der Waals surface area contributed by atoms with Crippen LogP contribution >= 0.6 is 0 Å². The van der Waals surface area contributed by atoms with Crippen molar-refractivity contribution in [3.63, 3.8) is 0 Å². The standard InChI is InChI=1S/C7H16N2.C3H8.C2H3N/c1-3-9-5-4-8-7(2)6-9;1-3-2;1-2-3/h7-8H,3-6H2,1-2H3;3H2,1-2H3;1H3. The van der Waals surface area contributed by atoms with Gasteiger partial charge in [-0.05, 0) is 13.5 Å². The highest BCUT2D eigenvalue weighted by Gasteiger charge is 2.12. The molecule has 15 heavy (non-hydrogen) atoms. The van der Waals surface area contributed by atoms with E-state index in [1.54, 1.807) is 6.07 Å². The van der Waals surface area contributed by atoms with Crippen LogP contribution in [-0.4, -0.2) is 37.1 Å². The van der Waals surface area contributed by atoms with Crippen LogP contribution in [0.25, 0.3) is 0 Å². The molecule has 0 amide bonds. The summed E-state index contributed by atoms with van der Waals surface area (Å²) in [5.41, 5.74) is 0. The predicted molar refractivity (Wildman–Crippen MR) is 66.8 cm³/mol. The molecule has 1 atom stereocenters. The number of piperazine rings is 1. The molecular formula is C12H27N3. The lowest BCUT2D eigenvalue weighted by molar-refractivity contribution is 0.217. The Labute approximate surface area is 95.5 Å². The fourth-order valence-electron chi connectivity index (χ4n) is 1.30. The molecule has 1 rings (SSSR count). The molecule has 1 saturated heterocycles. The zero-order valence-electron chi connectivity index (χ0n) is 11.0. The van der Waals surface area contributed by atoms with E-state index in [0.717, 1.165) is 6.54 Å². The van der Waals surface area contributed by atoms with Gasteiger partial charge in [0.1, 0.15) is 0 Å². The highest BCUT2D eigenvalue weighted by atomic mass is 15.2. The third-order valence-corrected chi connectivity index (χ3v) is 1.90. The van der Waals surface area contributed by atoms with Gasteiger partial charge < -0.3 is 10.2 Å². The van der Waals surface area contributed by atoms with Gasteiger partial charge in [0, 0.05) is 32.6 Å². The molecule has 1 N–H and O–H groups in total. The molecule has 0 aromatic heterocycles. The highest BCUT2D eigenvalue weighted by Crippen LogP contribution is 1.95. The quantitative estimate of drug-likeness (QED) is 0.726. The molecule has 0 bridgehead atoms. The molecule has 0 spiro atoms. The molecule has 90 valence electrons. The molecular weight excluding hydrogens is 186 g/mol. The molecule has 0 saturated carbocycles. The molecule has 1 heterocycles. The van der Waals surface area contributed by atoms with Gasteiger partial charge in [-0.15, -0.1) is 0 Å². The van der Waals surface area contributed by atoms with E-state index < -0.39 is 0 Å². The number of nitriles is 1. The molecule has 1 aliphatic rings. The zero-order chi connectivity index (χ0) is 12.1. The lowest BCUT2D eigenvalue weighted by Gasteiger charge is -2.30. The first-order valence-electron chi connectivity index (χ1n) is 5.92. The first-order chi connectivity index (χ1) is 7.15. The van der Waals surface area contributed by atoms with Gasteiger partial charge in [-0.3, -0.25) is 0 Å². The van der Waals surface area contributed by atoms with Gasteiger partial charge in [0.15, 0.2) is 0 Å². The van der Waals surface area contributed by atoms with Crippen molar-refractivity contribution >= 4 is 0 Å². The largest absolute Gasteiger partial charge is 0.312 e. The Morgan fingerprint density at radius 1 is 1.40 bits per heavy atom. The average Bonchev–Trinajstić information content (AvgIpc) is 2.20. The van der Waals surface area contributed by atoms with Crippen molar-refractivity contribution in [1.29, 1.82) is 5.26 Å². The summed E-state index contributed by atoms with van der Waals surface area (Å²) in [6, 6.07) is 2.44. The molecule has 0 radical (unpaired) electrons. The van der Waals surface area contributed by atoms with Crippen molar-refractivity contribution in [2.24, 2.45) is 0 Å². The minimum Gasteiger partial charge on any atom is -0.312 e. The van der Waals surface area contributed by atoms with Crippen LogP contribution in [0.4, 0.5) is 0 Å². The van der Waals surface area contributed by atoms with Crippen LogP contribution < -0.4 is 5.32 Å². The number of rotatable bonds is 1. The first-order valence-corrected chi connectivity index (χ1v) is 5.92. The minimum absolute atomic E-state index is 0.693. The smallest absolute Gasteiger partial charge is 0.0587 e. The second-order valence-corrected chi connectivity index (χ2v) is 3.68. The Morgan fingerprint density at radius 2 is 1.87 bits per heavy atom. The van der Waals surface area contributed by atoms with Gasteiger partial charge in [-0.25, -0.2) is 0 Å². The topological polar surface area (TPSA) is 39.1 Å². The molecule has 1 aliphatic heterocycles. The lowest BCUT2D eigenvalue weighted by Crippen LogP contribution is -2.48. The zero-order valence-corrected chi connectivity index (χ0v) is 11.0. The van der Waals surface area contributed by atoms with Crippen molar-refractivity contribution in [3.05, 3.63) is 0 Å². The Balaban J connectivity index is 0. The van der Waals surface area contributed by atoms with E-state index in [-0.39, 0.29) is 0 Å². The predicted octanol–water partition coefficient (Wildman–Crippen LogP) is 2.25. The van der Waals surface area contributed by atoms with E-state index >= 15 is 0 Å². The second kappa shape index (κ2) is 13.4. The van der Waals surface area contributed by atoms with E-state index in [2.05, 4.69) is 37.9 Å². The molecule has 0 aliphatic carbocycles. The number of hydrogen-bond donors (Lipinski definition) is 1. The molecule has 1 fully saturated rings. The van der Waals surface area contributed by atoms with Gasteiger partial charge in [0.25, 0.3) is 0 Å². The number of hydrogen-bond acceptors (Lipinski definition) is 3. The van der Waals surface area contributed by atoms with Crippen molar-refractivity contribution in [2.75, 3.05) is 26.2 Å². The van der Waals surface area contributed by atoms with E-state index in [9.17, 15) is 0 Å². The minimum atomic E-state index is 0.693. The maximum absolute atomic E-state index is 7.32. The fourth-order valence-corrected chi connectivity index (χ4v) is 1.30. The van der Waals surface area contributed by atoms with Crippen LogP contribution in [0.1, 0.15) is 41.0 Å². The van der Waals surface area contributed by atoms with Crippen molar-refractivity contribution < 1.29 is 0 Å². The van der Waals surface area contributed by atoms with Gasteiger partial charge in [0.2, 0.25) is 0 Å². The van der Waals surface area contributed by atoms with E-state index in [4.69, 9.17) is 5.26 Å².